The van der Waals surface area contributed by atoms with Gasteiger partial charge in [0.2, 0.25) is 5.44 Å². The van der Waals surface area contributed by atoms with E-state index in [9.17, 15) is 13.5 Å². The lowest BCUT2D eigenvalue weighted by Crippen LogP contribution is -2.11. The Morgan fingerprint density at radius 3 is 2.29 bits per heavy atom. The number of aliphatic hydroxyl groups is 1. The molecule has 0 spiro atoms. The predicted octanol–water partition coefficient (Wildman–Crippen LogP) is 1.70. The molecule has 1 unspecified atom stereocenters. The molecular weight excluding hydrogens is 244 g/mol. The van der Waals surface area contributed by atoms with Crippen LogP contribution in [0.15, 0.2) is 18.2 Å². The van der Waals surface area contributed by atoms with E-state index in [1.807, 2.05) is 13.8 Å². The summed E-state index contributed by atoms with van der Waals surface area (Å²) >= 11 is 0. The number of hydrogen-bond acceptors (Lipinski definition) is 4. The Bertz CT molecular complexity index is 493. The molecule has 0 radical (unpaired) electrons. The number of aliphatic hydroxyl groups excluding tert-OH is 1. The molecule has 0 saturated heterocycles. The lowest BCUT2D eigenvalue weighted by atomic mass is 10.00. The van der Waals surface area contributed by atoms with Crippen molar-refractivity contribution in [3.63, 3.8) is 0 Å². The standard InChI is InChI=1S/C11H16O5S/c1-7(2)9-6-8(4-5-10(9)16-3)11(12)17(13,14)15/h4-7,11-12H,1-3H3,(H,13,14,15). The minimum atomic E-state index is -4.50. The van der Waals surface area contributed by atoms with Crippen LogP contribution in [0, 0.1) is 0 Å². The minimum Gasteiger partial charge on any atom is -0.496 e. The fourth-order valence-corrected chi connectivity index (χ4v) is 2.02. The van der Waals surface area contributed by atoms with Crippen LogP contribution in [0.4, 0.5) is 0 Å². The summed E-state index contributed by atoms with van der Waals surface area (Å²) in [6.45, 7) is 3.84. The van der Waals surface area contributed by atoms with Gasteiger partial charge in [-0.05, 0) is 29.2 Å². The molecule has 1 rings (SSSR count). The molecule has 0 aliphatic carbocycles. The maximum Gasteiger partial charge on any atom is 0.296 e. The molecule has 0 bridgehead atoms. The minimum absolute atomic E-state index is 0.110. The second-order valence-electron chi connectivity index (χ2n) is 4.02. The first-order chi connectivity index (χ1) is 7.77. The van der Waals surface area contributed by atoms with E-state index >= 15 is 0 Å². The van der Waals surface area contributed by atoms with Crippen LogP contribution in [0.3, 0.4) is 0 Å². The average Bonchev–Trinajstić information content (AvgIpc) is 2.25. The fourth-order valence-electron chi connectivity index (χ4n) is 1.53. The van der Waals surface area contributed by atoms with Crippen molar-refractivity contribution in [3.05, 3.63) is 29.3 Å². The van der Waals surface area contributed by atoms with Gasteiger partial charge in [0.15, 0.2) is 0 Å². The van der Waals surface area contributed by atoms with Crippen molar-refractivity contribution in [3.8, 4) is 5.75 Å². The molecule has 96 valence electrons. The molecule has 0 fully saturated rings. The molecular formula is C11H16O5S. The second-order valence-corrected chi connectivity index (χ2v) is 5.50. The van der Waals surface area contributed by atoms with Gasteiger partial charge in [0, 0.05) is 0 Å². The van der Waals surface area contributed by atoms with Crippen molar-refractivity contribution in [2.24, 2.45) is 0 Å². The quantitative estimate of drug-likeness (QED) is 0.805. The molecule has 0 amide bonds. The van der Waals surface area contributed by atoms with E-state index in [1.54, 1.807) is 6.07 Å². The van der Waals surface area contributed by atoms with E-state index in [4.69, 9.17) is 9.29 Å². The Morgan fingerprint density at radius 1 is 1.29 bits per heavy atom. The third-order valence-electron chi connectivity index (χ3n) is 2.44. The third-order valence-corrected chi connectivity index (χ3v) is 3.28. The van der Waals surface area contributed by atoms with Crippen LogP contribution in [0.2, 0.25) is 0 Å². The van der Waals surface area contributed by atoms with Gasteiger partial charge in [-0.1, -0.05) is 19.9 Å². The van der Waals surface area contributed by atoms with Crippen molar-refractivity contribution in [1.82, 2.24) is 0 Å². The summed E-state index contributed by atoms with van der Waals surface area (Å²) in [4.78, 5) is 0. The summed E-state index contributed by atoms with van der Waals surface area (Å²) < 4.78 is 35.6. The van der Waals surface area contributed by atoms with Crippen LogP contribution in [-0.2, 0) is 10.1 Å². The Kier molecular flexibility index (Phi) is 4.13. The first kappa shape index (κ1) is 14.0. The Balaban J connectivity index is 3.26. The highest BCUT2D eigenvalue weighted by molar-refractivity contribution is 7.85. The number of ether oxygens (including phenoxy) is 1. The molecule has 0 saturated carbocycles. The van der Waals surface area contributed by atoms with E-state index in [2.05, 4.69) is 0 Å². The Hall–Kier alpha value is -1.11. The second kappa shape index (κ2) is 5.03. The van der Waals surface area contributed by atoms with Crippen LogP contribution >= 0.6 is 0 Å². The zero-order valence-corrected chi connectivity index (χ0v) is 10.7. The van der Waals surface area contributed by atoms with E-state index in [1.165, 1.54) is 19.2 Å². The van der Waals surface area contributed by atoms with Crippen molar-refractivity contribution >= 4 is 10.1 Å². The van der Waals surface area contributed by atoms with Gasteiger partial charge < -0.3 is 9.84 Å². The number of hydrogen-bond donors (Lipinski definition) is 2. The van der Waals surface area contributed by atoms with Gasteiger partial charge >= 0.3 is 0 Å². The van der Waals surface area contributed by atoms with E-state index in [0.717, 1.165) is 5.56 Å². The zero-order chi connectivity index (χ0) is 13.2. The number of benzene rings is 1. The smallest absolute Gasteiger partial charge is 0.296 e. The average molecular weight is 260 g/mol. The van der Waals surface area contributed by atoms with Crippen LogP contribution in [0.5, 0.6) is 5.75 Å². The molecule has 1 aromatic rings. The lowest BCUT2D eigenvalue weighted by molar-refractivity contribution is 0.238. The first-order valence-electron chi connectivity index (χ1n) is 5.09. The Morgan fingerprint density at radius 2 is 1.88 bits per heavy atom. The zero-order valence-electron chi connectivity index (χ0n) is 9.91. The van der Waals surface area contributed by atoms with E-state index < -0.39 is 15.6 Å². The topological polar surface area (TPSA) is 83.8 Å². The third kappa shape index (κ3) is 3.18. The molecule has 0 aliphatic heterocycles. The highest BCUT2D eigenvalue weighted by atomic mass is 32.2. The summed E-state index contributed by atoms with van der Waals surface area (Å²) in [6, 6.07) is 4.49. The molecule has 0 aliphatic rings. The highest BCUT2D eigenvalue weighted by Crippen LogP contribution is 2.30. The molecule has 0 heterocycles. The first-order valence-corrected chi connectivity index (χ1v) is 6.60. The maximum absolute atomic E-state index is 10.8. The van der Waals surface area contributed by atoms with Crippen molar-refractivity contribution < 1.29 is 22.8 Å². The molecule has 1 aromatic carbocycles. The van der Waals surface area contributed by atoms with Gasteiger partial charge in [0.05, 0.1) is 7.11 Å². The highest BCUT2D eigenvalue weighted by Gasteiger charge is 2.23. The molecule has 1 atom stereocenters. The van der Waals surface area contributed by atoms with Crippen LogP contribution < -0.4 is 4.74 Å². The van der Waals surface area contributed by atoms with Crippen molar-refractivity contribution in [2.45, 2.75) is 25.2 Å². The van der Waals surface area contributed by atoms with Crippen molar-refractivity contribution in [2.75, 3.05) is 7.11 Å². The summed E-state index contributed by atoms with van der Waals surface area (Å²) in [7, 11) is -2.99. The molecule has 2 N–H and O–H groups in total. The van der Waals surface area contributed by atoms with Gasteiger partial charge in [-0.25, -0.2) is 0 Å². The Labute approximate surface area is 101 Å². The molecule has 6 heteroatoms. The van der Waals surface area contributed by atoms with E-state index in [-0.39, 0.29) is 11.5 Å². The molecule has 17 heavy (non-hydrogen) atoms. The number of methoxy groups -OCH3 is 1. The normalized spacial score (nSPS) is 13.8. The van der Waals surface area contributed by atoms with Crippen molar-refractivity contribution in [1.29, 1.82) is 0 Å². The van der Waals surface area contributed by atoms with Gasteiger partial charge in [-0.15, -0.1) is 0 Å². The van der Waals surface area contributed by atoms with Crippen LogP contribution in [0.25, 0.3) is 0 Å². The summed E-state index contributed by atoms with van der Waals surface area (Å²) in [6.07, 6.45) is 0. The molecule has 0 aromatic heterocycles. The summed E-state index contributed by atoms with van der Waals surface area (Å²) in [5, 5.41) is 9.45. The summed E-state index contributed by atoms with van der Waals surface area (Å²) in [5.74, 6) is 0.727. The number of rotatable bonds is 4. The maximum atomic E-state index is 10.8. The van der Waals surface area contributed by atoms with Crippen LogP contribution in [0.1, 0.15) is 36.3 Å². The lowest BCUT2D eigenvalue weighted by Gasteiger charge is -2.15. The van der Waals surface area contributed by atoms with Gasteiger partial charge in [0.1, 0.15) is 5.75 Å². The van der Waals surface area contributed by atoms with Gasteiger partial charge in [-0.2, -0.15) is 8.42 Å². The van der Waals surface area contributed by atoms with E-state index in [0.29, 0.717) is 5.75 Å². The fraction of sp³-hybridized carbons (Fsp3) is 0.455. The molecule has 5 nitrogen and oxygen atoms in total. The predicted molar refractivity (Wildman–Crippen MR) is 63.6 cm³/mol. The van der Waals surface area contributed by atoms with Gasteiger partial charge in [-0.3, -0.25) is 4.55 Å². The monoisotopic (exact) mass is 260 g/mol. The van der Waals surface area contributed by atoms with Gasteiger partial charge in [0.25, 0.3) is 10.1 Å². The SMILES string of the molecule is COc1ccc(C(O)S(=O)(=O)O)cc1C(C)C. The van der Waals surface area contributed by atoms with Crippen LogP contribution in [-0.4, -0.2) is 25.2 Å². The summed E-state index contributed by atoms with van der Waals surface area (Å²) in [5.41, 5.74) is -1.03. The largest absolute Gasteiger partial charge is 0.496 e.